The lowest BCUT2D eigenvalue weighted by atomic mass is 10.2. The smallest absolute Gasteiger partial charge is 0.265 e. The van der Waals surface area contributed by atoms with Gasteiger partial charge >= 0.3 is 6.18 Å². The fraction of sp³-hybridized carbons (Fsp3) is 0.375. The lowest BCUT2D eigenvalue weighted by Gasteiger charge is -2.26. The topological polar surface area (TPSA) is 27.6 Å². The van der Waals surface area contributed by atoms with Gasteiger partial charge in [-0.25, -0.2) is 4.99 Å². The zero-order valence-electron chi connectivity index (χ0n) is 7.34. The van der Waals surface area contributed by atoms with E-state index in [1.165, 1.54) is 17.3 Å². The van der Waals surface area contributed by atoms with Crippen LogP contribution in [0.4, 0.5) is 13.2 Å². The second kappa shape index (κ2) is 2.60. The Hall–Kier alpha value is -1.30. The zero-order valence-corrected chi connectivity index (χ0v) is 7.34. The van der Waals surface area contributed by atoms with Gasteiger partial charge in [-0.3, -0.25) is 5.01 Å². The van der Waals surface area contributed by atoms with E-state index >= 15 is 0 Å². The van der Waals surface area contributed by atoms with Crippen molar-refractivity contribution in [2.24, 2.45) is 4.99 Å². The Morgan fingerprint density at radius 1 is 1.43 bits per heavy atom. The van der Waals surface area contributed by atoms with Crippen LogP contribution in [0.1, 0.15) is 6.92 Å². The number of hydrogen-bond donors (Lipinski definition) is 1. The summed E-state index contributed by atoms with van der Waals surface area (Å²) in [6, 6.07) is 0. The maximum absolute atomic E-state index is 12.5. The Bertz CT molecular complexity index is 342. The van der Waals surface area contributed by atoms with E-state index < -0.39 is 11.8 Å². The van der Waals surface area contributed by atoms with Crippen LogP contribution >= 0.6 is 0 Å². The number of nitrogens with zero attached hydrogens (tertiary/aromatic N) is 2. The highest BCUT2D eigenvalue weighted by atomic mass is 19.4. The number of amidine groups is 1. The van der Waals surface area contributed by atoms with Crippen LogP contribution in [0.5, 0.6) is 0 Å². The van der Waals surface area contributed by atoms with E-state index in [1.54, 1.807) is 12.2 Å². The van der Waals surface area contributed by atoms with Crippen molar-refractivity contribution in [3.05, 3.63) is 24.4 Å². The molecule has 0 radical (unpaired) electrons. The quantitative estimate of drug-likeness (QED) is 0.647. The molecule has 76 valence electrons. The Morgan fingerprint density at radius 2 is 2.14 bits per heavy atom. The molecule has 2 rings (SSSR count). The first-order valence-electron chi connectivity index (χ1n) is 4.01. The predicted molar refractivity (Wildman–Crippen MR) is 45.1 cm³/mol. The Morgan fingerprint density at radius 3 is 2.71 bits per heavy atom. The number of nitrogens with one attached hydrogen (secondary N) is 1. The molecule has 6 heteroatoms. The van der Waals surface area contributed by atoms with E-state index in [9.17, 15) is 13.2 Å². The summed E-state index contributed by atoms with van der Waals surface area (Å²) in [5.41, 5.74) is 0.0549. The zero-order chi connectivity index (χ0) is 10.4. The molecule has 0 aromatic rings. The highest BCUT2D eigenvalue weighted by molar-refractivity contribution is 5.96. The SMILES string of the molecule is CC1(C(F)(F)F)N=C2C=CC=CN2N1. The van der Waals surface area contributed by atoms with Crippen LogP contribution in [0.3, 0.4) is 0 Å². The van der Waals surface area contributed by atoms with Crippen LogP contribution in [0.2, 0.25) is 0 Å². The van der Waals surface area contributed by atoms with E-state index in [0.29, 0.717) is 0 Å². The third-order valence-corrected chi connectivity index (χ3v) is 2.07. The van der Waals surface area contributed by atoms with Gasteiger partial charge in [0.15, 0.2) is 0 Å². The summed E-state index contributed by atoms with van der Waals surface area (Å²) in [5, 5.41) is 1.26. The van der Waals surface area contributed by atoms with Crippen LogP contribution in [-0.4, -0.2) is 22.7 Å². The standard InChI is InChI=1S/C8H8F3N3/c1-7(8(9,10)11)12-6-4-2-3-5-14(6)13-7/h2-5,13H,1H3. The molecule has 2 heterocycles. The van der Waals surface area contributed by atoms with Gasteiger partial charge in [-0.15, -0.1) is 0 Å². The molecule has 0 amide bonds. The van der Waals surface area contributed by atoms with Gasteiger partial charge in [0.05, 0.1) is 0 Å². The van der Waals surface area contributed by atoms with Gasteiger partial charge in [-0.2, -0.15) is 18.6 Å². The van der Waals surface area contributed by atoms with E-state index in [1.807, 2.05) is 0 Å². The van der Waals surface area contributed by atoms with Gasteiger partial charge in [0.1, 0.15) is 5.84 Å². The number of allylic oxidation sites excluding steroid dienone is 2. The molecule has 0 aromatic carbocycles. The molecule has 0 saturated heterocycles. The Kier molecular flexibility index (Phi) is 1.72. The molecule has 0 bridgehead atoms. The molecule has 0 aliphatic carbocycles. The van der Waals surface area contributed by atoms with Crippen LogP contribution in [-0.2, 0) is 0 Å². The van der Waals surface area contributed by atoms with Crippen molar-refractivity contribution >= 4 is 5.84 Å². The van der Waals surface area contributed by atoms with E-state index in [-0.39, 0.29) is 5.84 Å². The van der Waals surface area contributed by atoms with Gasteiger partial charge in [0, 0.05) is 6.20 Å². The van der Waals surface area contributed by atoms with Crippen LogP contribution in [0, 0.1) is 0 Å². The van der Waals surface area contributed by atoms with Crippen molar-refractivity contribution in [2.45, 2.75) is 18.8 Å². The lowest BCUT2D eigenvalue weighted by molar-refractivity contribution is -0.192. The van der Waals surface area contributed by atoms with E-state index in [0.717, 1.165) is 6.92 Å². The minimum atomic E-state index is -4.40. The summed E-state index contributed by atoms with van der Waals surface area (Å²) in [4.78, 5) is 3.58. The molecule has 2 aliphatic heterocycles. The van der Waals surface area contributed by atoms with Crippen LogP contribution < -0.4 is 5.43 Å². The number of alkyl halides is 3. The molecule has 0 fully saturated rings. The molecular weight excluding hydrogens is 195 g/mol. The summed E-state index contributed by atoms with van der Waals surface area (Å²) >= 11 is 0. The second-order valence-electron chi connectivity index (χ2n) is 3.22. The number of hydrogen-bond acceptors (Lipinski definition) is 3. The number of rotatable bonds is 0. The summed E-state index contributed by atoms with van der Waals surface area (Å²) in [7, 11) is 0. The van der Waals surface area contributed by atoms with E-state index in [2.05, 4.69) is 10.4 Å². The maximum atomic E-state index is 12.5. The van der Waals surface area contributed by atoms with Crippen LogP contribution in [0.25, 0.3) is 0 Å². The number of fused-ring (bicyclic) bond motifs is 1. The normalized spacial score (nSPS) is 30.6. The molecule has 1 N–H and O–H groups in total. The Balaban J connectivity index is 2.34. The molecule has 0 spiro atoms. The summed E-state index contributed by atoms with van der Waals surface area (Å²) in [6.07, 6.45) is 1.88. The molecule has 1 unspecified atom stereocenters. The fourth-order valence-electron chi connectivity index (χ4n) is 1.24. The van der Waals surface area contributed by atoms with Gasteiger partial charge in [-0.1, -0.05) is 6.08 Å². The highest BCUT2D eigenvalue weighted by Gasteiger charge is 2.55. The monoisotopic (exact) mass is 203 g/mol. The number of aliphatic imine (C=N–C) groups is 1. The third kappa shape index (κ3) is 1.22. The van der Waals surface area contributed by atoms with Crippen molar-refractivity contribution < 1.29 is 13.2 Å². The molecular formula is C8H8F3N3. The molecule has 0 aromatic heterocycles. The largest absolute Gasteiger partial charge is 0.428 e. The van der Waals surface area contributed by atoms with Crippen molar-refractivity contribution in [1.29, 1.82) is 0 Å². The summed E-state index contributed by atoms with van der Waals surface area (Å²) < 4.78 is 37.6. The molecule has 1 atom stereocenters. The Labute approximate surface area is 78.6 Å². The van der Waals surface area contributed by atoms with Crippen molar-refractivity contribution in [1.82, 2.24) is 10.4 Å². The minimum Gasteiger partial charge on any atom is -0.265 e. The first kappa shape index (κ1) is 9.26. The first-order chi connectivity index (χ1) is 6.42. The molecule has 14 heavy (non-hydrogen) atoms. The predicted octanol–water partition coefficient (Wildman–Crippen LogP) is 1.57. The molecule has 0 saturated carbocycles. The summed E-state index contributed by atoms with van der Waals surface area (Å²) in [6.45, 7) is 1.00. The highest BCUT2D eigenvalue weighted by Crippen LogP contribution is 2.35. The van der Waals surface area contributed by atoms with Crippen molar-refractivity contribution in [2.75, 3.05) is 0 Å². The fourth-order valence-corrected chi connectivity index (χ4v) is 1.24. The van der Waals surface area contributed by atoms with Crippen molar-refractivity contribution in [3.8, 4) is 0 Å². The molecule has 2 aliphatic rings. The minimum absolute atomic E-state index is 0.271. The first-order valence-corrected chi connectivity index (χ1v) is 4.01. The van der Waals surface area contributed by atoms with Gasteiger partial charge in [-0.05, 0) is 19.1 Å². The van der Waals surface area contributed by atoms with Gasteiger partial charge in [0.2, 0.25) is 5.66 Å². The number of hydrazine groups is 1. The third-order valence-electron chi connectivity index (χ3n) is 2.07. The molecule has 3 nitrogen and oxygen atoms in total. The van der Waals surface area contributed by atoms with Crippen molar-refractivity contribution in [3.63, 3.8) is 0 Å². The van der Waals surface area contributed by atoms with E-state index in [4.69, 9.17) is 0 Å². The van der Waals surface area contributed by atoms with Crippen LogP contribution in [0.15, 0.2) is 29.4 Å². The average molecular weight is 203 g/mol. The second-order valence-corrected chi connectivity index (χ2v) is 3.22. The van der Waals surface area contributed by atoms with Gasteiger partial charge < -0.3 is 0 Å². The lowest BCUT2D eigenvalue weighted by Crippen LogP contribution is -2.53. The number of halogens is 3. The maximum Gasteiger partial charge on any atom is 0.428 e. The summed E-state index contributed by atoms with van der Waals surface area (Å²) in [5.74, 6) is 0.271. The average Bonchev–Trinajstić information content (AvgIpc) is 2.40. The van der Waals surface area contributed by atoms with Gasteiger partial charge in [0.25, 0.3) is 0 Å².